The summed E-state index contributed by atoms with van der Waals surface area (Å²) in [4.78, 5) is 2.98. The number of likely N-dealkylation sites (N-methyl/N-ethyl adjacent to an activating group) is 1. The molecule has 0 saturated heterocycles. The third-order valence-corrected chi connectivity index (χ3v) is 5.56. The number of fused-ring (bicyclic) bond motifs is 7. The van der Waals surface area contributed by atoms with Crippen LogP contribution in [0.25, 0.3) is 22.0 Å². The molecule has 22 heavy (non-hydrogen) atoms. The van der Waals surface area contributed by atoms with Crippen molar-refractivity contribution in [3.8, 4) is 11.1 Å². The number of benzene rings is 2. The summed E-state index contributed by atoms with van der Waals surface area (Å²) in [5.41, 5.74) is 4.37. The van der Waals surface area contributed by atoms with Crippen molar-refractivity contribution in [3.63, 3.8) is 0 Å². The van der Waals surface area contributed by atoms with Crippen molar-refractivity contribution in [2.24, 2.45) is 0 Å². The molecule has 1 aromatic heterocycles. The van der Waals surface area contributed by atoms with Crippen LogP contribution in [0.4, 0.5) is 3.89 Å². The molecule has 1 aliphatic rings. The van der Waals surface area contributed by atoms with E-state index in [0.29, 0.717) is 0 Å². The number of aromatic nitrogens is 1. The Kier molecular flexibility index (Phi) is 3.24. The van der Waals surface area contributed by atoms with Gasteiger partial charge in [-0.1, -0.05) is 24.3 Å². The molecule has 0 spiro atoms. The van der Waals surface area contributed by atoms with Gasteiger partial charge in [0, 0.05) is 29.1 Å². The number of nitrogens with zero attached hydrogens (tertiary/aromatic N) is 2. The van der Waals surface area contributed by atoms with Crippen LogP contribution in [0.3, 0.4) is 0 Å². The second-order valence-corrected chi connectivity index (χ2v) is 7.32. The molecule has 112 valence electrons. The van der Waals surface area contributed by atoms with E-state index in [1.807, 2.05) is 30.5 Å². The Labute approximate surface area is 132 Å². The first kappa shape index (κ1) is 13.9. The molecule has 0 aliphatic carbocycles. The molecule has 2 aromatic carbocycles. The number of hydrogen-bond donors (Lipinski definition) is 0. The van der Waals surface area contributed by atoms with E-state index in [-0.39, 0.29) is 0 Å². The highest BCUT2D eigenvalue weighted by molar-refractivity contribution is 7.91. The van der Waals surface area contributed by atoms with Gasteiger partial charge in [-0.25, -0.2) is 0 Å². The van der Waals surface area contributed by atoms with Crippen LogP contribution in [-0.2, 0) is 17.9 Å². The quantitative estimate of drug-likeness (QED) is 0.662. The molecule has 1 atom stereocenters. The molecule has 0 N–H and O–H groups in total. The van der Waals surface area contributed by atoms with E-state index in [1.165, 1.54) is 5.56 Å². The molecule has 0 fully saturated rings. The molecule has 0 saturated carbocycles. The fourth-order valence-corrected chi connectivity index (χ4v) is 4.39. The maximum absolute atomic E-state index is 15.0. The second kappa shape index (κ2) is 5.14. The van der Waals surface area contributed by atoms with Crippen LogP contribution >= 0.6 is 0 Å². The standard InChI is InChI=1S/C18H18FN2S/c1-20(2)10-9-13-7-8-15-16-12-21(22(19)18(15)11-13)17-6-4-3-5-14(16)17/h3-8,11-12H,9-10H2,1-2H3/q+1. The average molecular weight is 313 g/mol. The van der Waals surface area contributed by atoms with E-state index in [1.54, 1.807) is 3.97 Å². The highest BCUT2D eigenvalue weighted by atomic mass is 32.2. The normalized spacial score (nSPS) is 16.3. The number of rotatable bonds is 3. The molecule has 3 aromatic rings. The molecule has 1 unspecified atom stereocenters. The molecule has 4 rings (SSSR count). The van der Waals surface area contributed by atoms with E-state index in [2.05, 4.69) is 37.2 Å². The molecular formula is C18H18FN2S+. The van der Waals surface area contributed by atoms with E-state index >= 15 is 3.89 Å². The molecule has 0 radical (unpaired) electrons. The second-order valence-electron chi connectivity index (χ2n) is 6.01. The van der Waals surface area contributed by atoms with E-state index < -0.39 is 11.5 Å². The number of para-hydroxylation sites is 1. The van der Waals surface area contributed by atoms with Crippen molar-refractivity contribution in [1.82, 2.24) is 8.87 Å². The summed E-state index contributed by atoms with van der Waals surface area (Å²) in [7, 11) is 4.12. The van der Waals surface area contributed by atoms with Gasteiger partial charge in [0.2, 0.25) is 4.90 Å². The molecule has 1 aliphatic heterocycles. The van der Waals surface area contributed by atoms with Gasteiger partial charge in [0.25, 0.3) is 0 Å². The van der Waals surface area contributed by atoms with Crippen molar-refractivity contribution in [3.05, 3.63) is 54.2 Å². The van der Waals surface area contributed by atoms with Crippen LogP contribution < -0.4 is 0 Å². The summed E-state index contributed by atoms with van der Waals surface area (Å²) in [6.07, 6.45) is 2.90. The van der Waals surface area contributed by atoms with Gasteiger partial charge in [0.15, 0.2) is 0 Å². The van der Waals surface area contributed by atoms with Gasteiger partial charge in [0.05, 0.1) is 10.1 Å². The molecule has 2 nitrogen and oxygen atoms in total. The van der Waals surface area contributed by atoms with Crippen molar-refractivity contribution in [2.45, 2.75) is 11.3 Å². The van der Waals surface area contributed by atoms with Crippen molar-refractivity contribution in [1.29, 1.82) is 0 Å². The van der Waals surface area contributed by atoms with Crippen molar-refractivity contribution < 1.29 is 3.89 Å². The van der Waals surface area contributed by atoms with Gasteiger partial charge in [-0.15, -0.1) is 3.97 Å². The van der Waals surface area contributed by atoms with Crippen LogP contribution in [0.1, 0.15) is 5.56 Å². The summed E-state index contributed by atoms with van der Waals surface area (Å²) in [6.45, 7) is 0.978. The maximum Gasteiger partial charge on any atom is 0.369 e. The summed E-state index contributed by atoms with van der Waals surface area (Å²) in [5, 5.41) is 1.14. The fourth-order valence-electron chi connectivity index (χ4n) is 3.04. The zero-order valence-corrected chi connectivity index (χ0v) is 13.5. The van der Waals surface area contributed by atoms with Crippen LogP contribution in [0.5, 0.6) is 0 Å². The lowest BCUT2D eigenvalue weighted by Gasteiger charge is -2.12. The molecule has 0 amide bonds. The van der Waals surface area contributed by atoms with Gasteiger partial charge >= 0.3 is 11.5 Å². The lowest BCUT2D eigenvalue weighted by Crippen LogP contribution is -2.16. The summed E-state index contributed by atoms with van der Waals surface area (Å²) < 4.78 is 16.8. The molecular weight excluding hydrogens is 295 g/mol. The first-order valence-electron chi connectivity index (χ1n) is 7.44. The average Bonchev–Trinajstić information content (AvgIpc) is 2.87. The van der Waals surface area contributed by atoms with Crippen molar-refractivity contribution >= 4 is 22.4 Å². The summed E-state index contributed by atoms with van der Waals surface area (Å²) in [5.74, 6) is 0. The minimum Gasteiger partial charge on any atom is -0.309 e. The number of hydrogen-bond acceptors (Lipinski definition) is 1. The zero-order chi connectivity index (χ0) is 15.3. The largest absolute Gasteiger partial charge is 0.369 e. The van der Waals surface area contributed by atoms with Crippen LogP contribution in [0, 0.1) is 0 Å². The van der Waals surface area contributed by atoms with Gasteiger partial charge in [-0.05, 0) is 38.2 Å². The predicted octanol–water partition coefficient (Wildman–Crippen LogP) is 4.05. The lowest BCUT2D eigenvalue weighted by atomic mass is 10.0. The Balaban J connectivity index is 1.83. The van der Waals surface area contributed by atoms with Crippen molar-refractivity contribution in [2.75, 3.05) is 20.6 Å². The lowest BCUT2D eigenvalue weighted by molar-refractivity contribution is 0.413. The van der Waals surface area contributed by atoms with E-state index in [4.69, 9.17) is 0 Å². The van der Waals surface area contributed by atoms with Crippen LogP contribution in [-0.4, -0.2) is 29.5 Å². The Hall–Kier alpha value is -1.78. The number of halogens is 1. The van der Waals surface area contributed by atoms with Gasteiger partial charge in [-0.2, -0.15) is 0 Å². The first-order valence-corrected chi connectivity index (χ1v) is 8.52. The Morgan fingerprint density at radius 2 is 1.91 bits per heavy atom. The SMILES string of the molecule is CN(C)CCc1ccc2c(c1)[S+](F)n1cc-2c2ccccc21. The smallest absolute Gasteiger partial charge is 0.309 e. The molecule has 2 heterocycles. The maximum atomic E-state index is 15.0. The minimum atomic E-state index is -1.40. The van der Waals surface area contributed by atoms with Gasteiger partial charge < -0.3 is 4.90 Å². The Bertz CT molecular complexity index is 853. The van der Waals surface area contributed by atoms with E-state index in [9.17, 15) is 0 Å². The summed E-state index contributed by atoms with van der Waals surface area (Å²) in [6, 6.07) is 14.3. The van der Waals surface area contributed by atoms with Gasteiger partial charge in [0.1, 0.15) is 5.52 Å². The third-order valence-electron chi connectivity index (χ3n) is 4.22. The predicted molar refractivity (Wildman–Crippen MR) is 91.8 cm³/mol. The van der Waals surface area contributed by atoms with E-state index in [0.717, 1.165) is 39.9 Å². The molecule has 2 bridgehead atoms. The fraction of sp³-hybridized carbons (Fsp3) is 0.222. The van der Waals surface area contributed by atoms with Gasteiger partial charge in [-0.3, -0.25) is 0 Å². The molecule has 4 heteroatoms. The Morgan fingerprint density at radius 1 is 1.09 bits per heavy atom. The van der Waals surface area contributed by atoms with Crippen LogP contribution in [0.2, 0.25) is 0 Å². The zero-order valence-electron chi connectivity index (χ0n) is 12.7. The first-order chi connectivity index (χ1) is 10.6. The highest BCUT2D eigenvalue weighted by Crippen LogP contribution is 2.42. The Morgan fingerprint density at radius 3 is 2.73 bits per heavy atom. The highest BCUT2D eigenvalue weighted by Gasteiger charge is 2.38. The van der Waals surface area contributed by atoms with Crippen LogP contribution in [0.15, 0.2) is 53.6 Å². The summed E-state index contributed by atoms with van der Waals surface area (Å²) >= 11 is -1.40. The minimum absolute atomic E-state index is 0.824. The monoisotopic (exact) mass is 313 g/mol. The topological polar surface area (TPSA) is 8.17 Å². The third kappa shape index (κ3) is 2.06.